The summed E-state index contributed by atoms with van der Waals surface area (Å²) in [6, 6.07) is 2.30. The fourth-order valence-electron chi connectivity index (χ4n) is 6.23. The van der Waals surface area contributed by atoms with Crippen molar-refractivity contribution in [1.29, 1.82) is 0 Å². The number of carbonyl (C=O) groups is 2. The van der Waals surface area contributed by atoms with Gasteiger partial charge in [-0.1, -0.05) is 39.2 Å². The smallest absolute Gasteiger partial charge is 0.407 e. The molecule has 1 N–H and O–H groups in total. The Morgan fingerprint density at radius 1 is 1.18 bits per heavy atom. The van der Waals surface area contributed by atoms with Crippen LogP contribution in [0.3, 0.4) is 0 Å². The maximum atomic E-state index is 14.0. The Bertz CT molecular complexity index is 901. The molecule has 2 fully saturated rings. The minimum atomic E-state index is -0.528. The number of ether oxygens (including phenoxy) is 1. The number of amides is 2. The van der Waals surface area contributed by atoms with Crippen LogP contribution in [-0.2, 0) is 22.5 Å². The number of nitrogens with zero attached hydrogens (tertiary/aromatic N) is 2. The molecule has 6 heteroatoms. The van der Waals surface area contributed by atoms with Crippen molar-refractivity contribution in [2.24, 2.45) is 11.3 Å². The van der Waals surface area contributed by atoms with Gasteiger partial charge in [0.05, 0.1) is 5.41 Å². The van der Waals surface area contributed by atoms with Gasteiger partial charge in [-0.15, -0.1) is 0 Å². The maximum Gasteiger partial charge on any atom is 0.407 e. The highest BCUT2D eigenvalue weighted by Gasteiger charge is 2.50. The summed E-state index contributed by atoms with van der Waals surface area (Å²) in [5.74, 6) is 1.07. The summed E-state index contributed by atoms with van der Waals surface area (Å²) in [7, 11) is 0. The van der Waals surface area contributed by atoms with Gasteiger partial charge in [0, 0.05) is 37.4 Å². The van der Waals surface area contributed by atoms with Crippen molar-refractivity contribution < 1.29 is 14.3 Å². The van der Waals surface area contributed by atoms with Crippen LogP contribution >= 0.6 is 0 Å². The second-order valence-corrected chi connectivity index (χ2v) is 12.1. The number of fused-ring (bicyclic) bond motifs is 1. The summed E-state index contributed by atoms with van der Waals surface area (Å²) < 4.78 is 5.45. The number of alkyl carbamates (subject to hydrolysis) is 1. The Morgan fingerprint density at radius 2 is 1.91 bits per heavy atom. The van der Waals surface area contributed by atoms with E-state index in [1.54, 1.807) is 0 Å². The van der Waals surface area contributed by atoms with Crippen molar-refractivity contribution in [2.75, 3.05) is 6.54 Å². The highest BCUT2D eigenvalue weighted by Crippen LogP contribution is 2.46. The fraction of sp³-hybridized carbons (Fsp3) is 0.750. The van der Waals surface area contributed by atoms with Gasteiger partial charge in [-0.25, -0.2) is 4.79 Å². The summed E-state index contributed by atoms with van der Waals surface area (Å²) in [5, 5.41) is 3.02. The van der Waals surface area contributed by atoms with Gasteiger partial charge in [0.2, 0.25) is 5.91 Å². The van der Waals surface area contributed by atoms with Gasteiger partial charge < -0.3 is 15.0 Å². The zero-order valence-corrected chi connectivity index (χ0v) is 21.8. The topological polar surface area (TPSA) is 71.5 Å². The van der Waals surface area contributed by atoms with E-state index in [1.807, 2.05) is 20.8 Å². The molecular formula is C28H43N3O3. The van der Waals surface area contributed by atoms with Gasteiger partial charge >= 0.3 is 6.09 Å². The summed E-state index contributed by atoms with van der Waals surface area (Å²) in [5.41, 5.74) is 2.76. The van der Waals surface area contributed by atoms with Crippen molar-refractivity contribution in [3.8, 4) is 0 Å². The van der Waals surface area contributed by atoms with E-state index in [2.05, 4.69) is 36.3 Å². The number of carbonyl (C=O) groups excluding carboxylic acids is 2. The molecule has 188 valence electrons. The fourth-order valence-corrected chi connectivity index (χ4v) is 6.23. The third-order valence-corrected chi connectivity index (χ3v) is 8.23. The van der Waals surface area contributed by atoms with E-state index < -0.39 is 17.1 Å². The molecule has 34 heavy (non-hydrogen) atoms. The third-order valence-electron chi connectivity index (χ3n) is 8.23. The summed E-state index contributed by atoms with van der Waals surface area (Å²) in [4.78, 5) is 33.2. The SMILES string of the molecule is CC(C)C1(C(=O)N2CCc3ncc(C4CCCCC4)cc3C2)CCC(NC(=O)OC(C)(C)C)C1. The van der Waals surface area contributed by atoms with Gasteiger partial charge in [-0.05, 0) is 75.8 Å². The first-order chi connectivity index (χ1) is 16.1. The molecule has 1 aromatic heterocycles. The lowest BCUT2D eigenvalue weighted by Gasteiger charge is -2.39. The molecule has 0 saturated heterocycles. The van der Waals surface area contributed by atoms with E-state index in [-0.39, 0.29) is 17.9 Å². The van der Waals surface area contributed by atoms with Crippen LogP contribution in [-0.4, -0.2) is 40.1 Å². The largest absolute Gasteiger partial charge is 0.444 e. The lowest BCUT2D eigenvalue weighted by Crippen LogP contribution is -2.48. The van der Waals surface area contributed by atoms with Crippen molar-refractivity contribution >= 4 is 12.0 Å². The molecule has 2 amide bonds. The van der Waals surface area contributed by atoms with Crippen LogP contribution in [0.5, 0.6) is 0 Å². The molecule has 2 unspecified atom stereocenters. The van der Waals surface area contributed by atoms with E-state index in [0.717, 1.165) is 31.5 Å². The van der Waals surface area contributed by atoms with Crippen LogP contribution in [0.4, 0.5) is 4.79 Å². The average Bonchev–Trinajstić information content (AvgIpc) is 3.22. The summed E-state index contributed by atoms with van der Waals surface area (Å²) >= 11 is 0. The number of aromatic nitrogens is 1. The Balaban J connectivity index is 1.45. The Kier molecular flexibility index (Phi) is 7.25. The van der Waals surface area contributed by atoms with Gasteiger partial charge in [0.15, 0.2) is 0 Å². The van der Waals surface area contributed by atoms with E-state index in [1.165, 1.54) is 43.2 Å². The molecule has 6 nitrogen and oxygen atoms in total. The predicted molar refractivity (Wildman–Crippen MR) is 133 cm³/mol. The van der Waals surface area contributed by atoms with Gasteiger partial charge in [0.1, 0.15) is 5.60 Å². The average molecular weight is 470 g/mol. The van der Waals surface area contributed by atoms with E-state index in [9.17, 15) is 9.59 Å². The first kappa shape index (κ1) is 25.0. The molecule has 2 aliphatic carbocycles. The van der Waals surface area contributed by atoms with E-state index >= 15 is 0 Å². The van der Waals surface area contributed by atoms with Crippen LogP contribution in [0.25, 0.3) is 0 Å². The molecule has 1 aliphatic heterocycles. The Morgan fingerprint density at radius 3 is 2.59 bits per heavy atom. The van der Waals surface area contributed by atoms with E-state index in [0.29, 0.717) is 18.9 Å². The normalized spacial score (nSPS) is 25.8. The predicted octanol–water partition coefficient (Wildman–Crippen LogP) is 5.73. The lowest BCUT2D eigenvalue weighted by atomic mass is 9.74. The van der Waals surface area contributed by atoms with Crippen LogP contribution in [0.15, 0.2) is 12.3 Å². The third kappa shape index (κ3) is 5.41. The molecule has 2 saturated carbocycles. The minimum absolute atomic E-state index is 0.0298. The molecule has 3 aliphatic rings. The first-order valence-corrected chi connectivity index (χ1v) is 13.3. The van der Waals surface area contributed by atoms with Crippen molar-refractivity contribution in [3.05, 3.63) is 29.1 Å². The van der Waals surface area contributed by atoms with Crippen LogP contribution < -0.4 is 5.32 Å². The van der Waals surface area contributed by atoms with Crippen molar-refractivity contribution in [2.45, 2.75) is 117 Å². The molecule has 2 heterocycles. The molecular weight excluding hydrogens is 426 g/mol. The van der Waals surface area contributed by atoms with Gasteiger partial charge in [-0.3, -0.25) is 9.78 Å². The second kappa shape index (κ2) is 9.87. The van der Waals surface area contributed by atoms with Crippen LogP contribution in [0, 0.1) is 11.3 Å². The molecule has 1 aromatic rings. The number of pyridine rings is 1. The molecule has 2 atom stereocenters. The monoisotopic (exact) mass is 469 g/mol. The number of hydrogen-bond acceptors (Lipinski definition) is 4. The highest BCUT2D eigenvalue weighted by molar-refractivity contribution is 5.84. The Hall–Kier alpha value is -2.11. The number of hydrogen-bond donors (Lipinski definition) is 1. The van der Waals surface area contributed by atoms with Gasteiger partial charge in [0.25, 0.3) is 0 Å². The van der Waals surface area contributed by atoms with Crippen molar-refractivity contribution in [1.82, 2.24) is 15.2 Å². The Labute approximate surface area is 205 Å². The summed E-state index contributed by atoms with van der Waals surface area (Å²) in [6.45, 7) is 11.3. The molecule has 0 radical (unpaired) electrons. The minimum Gasteiger partial charge on any atom is -0.444 e. The summed E-state index contributed by atoms with van der Waals surface area (Å²) in [6.07, 6.45) is 11.3. The molecule has 0 spiro atoms. The highest BCUT2D eigenvalue weighted by atomic mass is 16.6. The van der Waals surface area contributed by atoms with E-state index in [4.69, 9.17) is 9.72 Å². The first-order valence-electron chi connectivity index (χ1n) is 13.3. The lowest BCUT2D eigenvalue weighted by molar-refractivity contribution is -0.145. The number of rotatable bonds is 4. The maximum absolute atomic E-state index is 14.0. The quantitative estimate of drug-likeness (QED) is 0.611. The zero-order chi connectivity index (χ0) is 24.5. The van der Waals surface area contributed by atoms with Crippen LogP contribution in [0.1, 0.15) is 109 Å². The standard InChI is InChI=1S/C28H43N3O3/c1-19(2)28(13-11-23(16-28)30-26(33)34-27(3,4)5)25(32)31-14-12-24-22(18-31)15-21(17-29-24)20-9-7-6-8-10-20/h15,17,19-20,23H,6-14,16,18H2,1-5H3,(H,30,33). The molecule has 0 bridgehead atoms. The molecule has 0 aromatic carbocycles. The van der Waals surface area contributed by atoms with Gasteiger partial charge in [-0.2, -0.15) is 0 Å². The second-order valence-electron chi connectivity index (χ2n) is 12.1. The number of nitrogens with one attached hydrogen (secondary N) is 1. The molecule has 4 rings (SSSR count). The zero-order valence-electron chi connectivity index (χ0n) is 21.8. The van der Waals surface area contributed by atoms with Crippen molar-refractivity contribution in [3.63, 3.8) is 0 Å². The van der Waals surface area contributed by atoms with Crippen LogP contribution in [0.2, 0.25) is 0 Å².